The molecule has 1 fully saturated rings. The lowest BCUT2D eigenvalue weighted by Gasteiger charge is -1.84. The highest BCUT2D eigenvalue weighted by molar-refractivity contribution is 5.51. The van der Waals surface area contributed by atoms with Crippen molar-refractivity contribution in [1.82, 2.24) is 19.9 Å². The second-order valence-corrected chi connectivity index (χ2v) is 4.18. The normalized spacial score (nSPS) is 24.4. The summed E-state index contributed by atoms with van der Waals surface area (Å²) in [6, 6.07) is 0. The fourth-order valence-corrected chi connectivity index (χ4v) is 1.71. The van der Waals surface area contributed by atoms with E-state index in [1.807, 2.05) is 13.2 Å². The van der Waals surface area contributed by atoms with Crippen LogP contribution in [0.3, 0.4) is 0 Å². The largest absolute Gasteiger partial charge is 0.339 e. The Balaban J connectivity index is 1.90. The number of aromatic nitrogens is 4. The molecule has 5 nitrogen and oxygen atoms in total. The van der Waals surface area contributed by atoms with Crippen LogP contribution in [0.1, 0.15) is 25.2 Å². The molecule has 1 aliphatic carbocycles. The van der Waals surface area contributed by atoms with Gasteiger partial charge in [0.05, 0.1) is 11.8 Å². The zero-order valence-electron chi connectivity index (χ0n) is 8.71. The first-order chi connectivity index (χ1) is 7.24. The fourth-order valence-electron chi connectivity index (χ4n) is 1.71. The van der Waals surface area contributed by atoms with Crippen LogP contribution < -0.4 is 0 Å². The van der Waals surface area contributed by atoms with Crippen molar-refractivity contribution in [3.8, 4) is 11.4 Å². The fraction of sp³-hybridized carbons (Fsp3) is 0.500. The van der Waals surface area contributed by atoms with Gasteiger partial charge in [0.25, 0.3) is 0 Å². The Morgan fingerprint density at radius 1 is 1.53 bits per heavy atom. The first-order valence-electron chi connectivity index (χ1n) is 5.06. The van der Waals surface area contributed by atoms with Crippen LogP contribution in [0.5, 0.6) is 0 Å². The molecule has 0 aliphatic heterocycles. The summed E-state index contributed by atoms with van der Waals surface area (Å²) < 4.78 is 6.95. The van der Waals surface area contributed by atoms with E-state index >= 15 is 0 Å². The van der Waals surface area contributed by atoms with E-state index in [0.29, 0.717) is 17.7 Å². The highest BCUT2D eigenvalue weighted by atomic mass is 16.5. The molecular formula is C10H12N4O. The lowest BCUT2D eigenvalue weighted by atomic mass is 10.3. The van der Waals surface area contributed by atoms with Gasteiger partial charge >= 0.3 is 0 Å². The van der Waals surface area contributed by atoms with Crippen LogP contribution in [0.2, 0.25) is 0 Å². The molecule has 1 aliphatic rings. The zero-order chi connectivity index (χ0) is 10.4. The van der Waals surface area contributed by atoms with E-state index in [9.17, 15) is 0 Å². The summed E-state index contributed by atoms with van der Waals surface area (Å²) in [4.78, 5) is 4.38. The number of hydrogen-bond acceptors (Lipinski definition) is 4. The van der Waals surface area contributed by atoms with E-state index in [2.05, 4.69) is 22.2 Å². The molecule has 2 atom stereocenters. The van der Waals surface area contributed by atoms with Crippen molar-refractivity contribution in [3.63, 3.8) is 0 Å². The molecule has 5 heteroatoms. The van der Waals surface area contributed by atoms with Crippen molar-refractivity contribution >= 4 is 0 Å². The lowest BCUT2D eigenvalue weighted by Crippen LogP contribution is -1.84. The van der Waals surface area contributed by atoms with Crippen LogP contribution in [0.15, 0.2) is 16.9 Å². The molecule has 78 valence electrons. The summed E-state index contributed by atoms with van der Waals surface area (Å²) in [5.74, 6) is 2.56. The van der Waals surface area contributed by atoms with E-state index in [4.69, 9.17) is 4.52 Å². The molecule has 0 N–H and O–H groups in total. The summed E-state index contributed by atoms with van der Waals surface area (Å²) in [7, 11) is 1.87. The minimum Gasteiger partial charge on any atom is -0.339 e. The maximum Gasteiger partial charge on any atom is 0.230 e. The van der Waals surface area contributed by atoms with Gasteiger partial charge in [-0.2, -0.15) is 10.1 Å². The average molecular weight is 204 g/mol. The number of rotatable bonds is 2. The molecule has 0 spiro atoms. The topological polar surface area (TPSA) is 56.7 Å². The van der Waals surface area contributed by atoms with E-state index < -0.39 is 0 Å². The minimum absolute atomic E-state index is 0.475. The van der Waals surface area contributed by atoms with Gasteiger partial charge in [-0.25, -0.2) is 0 Å². The quantitative estimate of drug-likeness (QED) is 0.745. The van der Waals surface area contributed by atoms with E-state index in [0.717, 1.165) is 17.9 Å². The molecule has 2 aromatic heterocycles. The van der Waals surface area contributed by atoms with Crippen LogP contribution in [-0.2, 0) is 7.05 Å². The predicted octanol–water partition coefficient (Wildman–Crippen LogP) is 1.59. The highest BCUT2D eigenvalue weighted by Crippen LogP contribution is 2.46. The van der Waals surface area contributed by atoms with E-state index in [1.54, 1.807) is 10.9 Å². The molecule has 0 amide bonds. The molecule has 0 bridgehead atoms. The molecule has 0 radical (unpaired) electrons. The first kappa shape index (κ1) is 8.64. The average Bonchev–Trinajstić information content (AvgIpc) is 2.71. The molecule has 0 aromatic carbocycles. The first-order valence-corrected chi connectivity index (χ1v) is 5.06. The van der Waals surface area contributed by atoms with Crippen molar-refractivity contribution in [2.45, 2.75) is 19.3 Å². The Morgan fingerprint density at radius 3 is 2.93 bits per heavy atom. The zero-order valence-corrected chi connectivity index (χ0v) is 8.71. The molecular weight excluding hydrogens is 192 g/mol. The van der Waals surface area contributed by atoms with Crippen molar-refractivity contribution in [1.29, 1.82) is 0 Å². The summed E-state index contributed by atoms with van der Waals surface area (Å²) >= 11 is 0. The Bertz CT molecular complexity index is 487. The Kier molecular flexibility index (Phi) is 1.68. The molecule has 1 saturated carbocycles. The van der Waals surface area contributed by atoms with Crippen molar-refractivity contribution in [2.75, 3.05) is 0 Å². The monoisotopic (exact) mass is 204 g/mol. The SMILES string of the molecule is CC1CC1c1nc(-c2cnn(C)c2)no1. The number of hydrogen-bond donors (Lipinski definition) is 0. The second kappa shape index (κ2) is 2.92. The van der Waals surface area contributed by atoms with Gasteiger partial charge < -0.3 is 4.52 Å². The third-order valence-corrected chi connectivity index (χ3v) is 2.83. The Morgan fingerprint density at radius 2 is 2.33 bits per heavy atom. The molecule has 2 heterocycles. The molecule has 0 saturated heterocycles. The maximum absolute atomic E-state index is 5.22. The van der Waals surface area contributed by atoms with Crippen LogP contribution in [0.4, 0.5) is 0 Å². The summed E-state index contributed by atoms with van der Waals surface area (Å²) in [5, 5.41) is 8.03. The van der Waals surface area contributed by atoms with Crippen LogP contribution in [0.25, 0.3) is 11.4 Å². The number of nitrogens with zero attached hydrogens (tertiary/aromatic N) is 4. The van der Waals surface area contributed by atoms with Gasteiger partial charge in [-0.3, -0.25) is 4.68 Å². The Labute approximate surface area is 87.1 Å². The van der Waals surface area contributed by atoms with Gasteiger partial charge in [-0.15, -0.1) is 0 Å². The standard InChI is InChI=1S/C10H12N4O/c1-6-3-8(6)10-12-9(13-15-10)7-4-11-14(2)5-7/h4-6,8H,3H2,1-2H3. The Hall–Kier alpha value is -1.65. The van der Waals surface area contributed by atoms with Crippen LogP contribution in [0, 0.1) is 5.92 Å². The van der Waals surface area contributed by atoms with Gasteiger partial charge in [-0.05, 0) is 12.3 Å². The summed E-state index contributed by atoms with van der Waals surface area (Å²) in [6.07, 6.45) is 4.78. The van der Waals surface area contributed by atoms with Gasteiger partial charge in [0.1, 0.15) is 0 Å². The maximum atomic E-state index is 5.22. The van der Waals surface area contributed by atoms with Crippen molar-refractivity contribution < 1.29 is 4.52 Å². The minimum atomic E-state index is 0.475. The molecule has 15 heavy (non-hydrogen) atoms. The molecule has 2 unspecified atom stereocenters. The van der Waals surface area contributed by atoms with Crippen LogP contribution in [-0.4, -0.2) is 19.9 Å². The number of aryl methyl sites for hydroxylation is 1. The van der Waals surface area contributed by atoms with Crippen molar-refractivity contribution in [3.05, 3.63) is 18.3 Å². The third-order valence-electron chi connectivity index (χ3n) is 2.83. The van der Waals surface area contributed by atoms with Crippen molar-refractivity contribution in [2.24, 2.45) is 13.0 Å². The predicted molar refractivity (Wildman–Crippen MR) is 53.0 cm³/mol. The lowest BCUT2D eigenvalue weighted by molar-refractivity contribution is 0.377. The van der Waals surface area contributed by atoms with Gasteiger partial charge in [0.15, 0.2) is 0 Å². The summed E-state index contributed by atoms with van der Waals surface area (Å²) in [5.41, 5.74) is 0.904. The molecule has 3 rings (SSSR count). The third kappa shape index (κ3) is 1.44. The highest BCUT2D eigenvalue weighted by Gasteiger charge is 2.38. The van der Waals surface area contributed by atoms with Gasteiger partial charge in [0.2, 0.25) is 11.7 Å². The van der Waals surface area contributed by atoms with Crippen LogP contribution >= 0.6 is 0 Å². The van der Waals surface area contributed by atoms with E-state index in [-0.39, 0.29) is 0 Å². The smallest absolute Gasteiger partial charge is 0.230 e. The van der Waals surface area contributed by atoms with Gasteiger partial charge in [0, 0.05) is 19.2 Å². The molecule has 2 aromatic rings. The second-order valence-electron chi connectivity index (χ2n) is 4.18. The summed E-state index contributed by atoms with van der Waals surface area (Å²) in [6.45, 7) is 2.19. The van der Waals surface area contributed by atoms with Gasteiger partial charge in [-0.1, -0.05) is 12.1 Å². The van der Waals surface area contributed by atoms with E-state index in [1.165, 1.54) is 0 Å².